The first-order chi connectivity index (χ1) is 10.4. The van der Waals surface area contributed by atoms with E-state index < -0.39 is 5.60 Å². The van der Waals surface area contributed by atoms with E-state index in [2.05, 4.69) is 17.1 Å². The van der Waals surface area contributed by atoms with Gasteiger partial charge in [0.05, 0.1) is 5.69 Å². The molecule has 0 aliphatic carbocycles. The van der Waals surface area contributed by atoms with E-state index in [4.69, 9.17) is 4.74 Å². The zero-order valence-corrected chi connectivity index (χ0v) is 13.8. The molecule has 2 heterocycles. The molecule has 0 saturated carbocycles. The third kappa shape index (κ3) is 4.45. The Morgan fingerprint density at radius 2 is 2.14 bits per heavy atom. The molecule has 4 heteroatoms. The summed E-state index contributed by atoms with van der Waals surface area (Å²) in [7, 11) is 0. The zero-order valence-electron chi connectivity index (χ0n) is 13.8. The van der Waals surface area contributed by atoms with E-state index in [1.807, 2.05) is 52.1 Å². The topological polar surface area (TPSA) is 42.4 Å². The second-order valence-corrected chi connectivity index (χ2v) is 6.38. The lowest BCUT2D eigenvalue weighted by atomic mass is 10.0. The Balaban J connectivity index is 2.00. The lowest BCUT2D eigenvalue weighted by Gasteiger charge is -2.29. The summed E-state index contributed by atoms with van der Waals surface area (Å²) >= 11 is 0. The first-order valence-corrected chi connectivity index (χ1v) is 7.65. The molecule has 0 radical (unpaired) electrons. The molecule has 0 unspecified atom stereocenters. The normalized spacial score (nSPS) is 15.8. The van der Waals surface area contributed by atoms with Gasteiger partial charge in [-0.05, 0) is 57.4 Å². The molecule has 4 nitrogen and oxygen atoms in total. The van der Waals surface area contributed by atoms with Crippen molar-refractivity contribution in [3.8, 4) is 0 Å². The number of hydrogen-bond donors (Lipinski definition) is 0. The number of carbonyl (C=O) groups is 1. The maximum Gasteiger partial charge on any atom is 0.410 e. The van der Waals surface area contributed by atoms with Crippen molar-refractivity contribution >= 4 is 17.7 Å². The largest absolute Gasteiger partial charge is 0.444 e. The van der Waals surface area contributed by atoms with Crippen LogP contribution in [0, 0.1) is 0 Å². The summed E-state index contributed by atoms with van der Waals surface area (Å²) in [6, 6.07) is 4.09. The fourth-order valence-corrected chi connectivity index (χ4v) is 2.29. The minimum atomic E-state index is -0.451. The van der Waals surface area contributed by atoms with Crippen molar-refractivity contribution in [2.45, 2.75) is 39.7 Å². The van der Waals surface area contributed by atoms with Crippen LogP contribution in [0.25, 0.3) is 11.6 Å². The van der Waals surface area contributed by atoms with Gasteiger partial charge < -0.3 is 9.64 Å². The zero-order chi connectivity index (χ0) is 16.2. The van der Waals surface area contributed by atoms with Crippen LogP contribution in [-0.4, -0.2) is 34.7 Å². The SMILES string of the molecule is CC=Cc1ccc(C2=CCN(C(=O)OC(C)(C)C)CC2)cn1. The molecule has 118 valence electrons. The number of amides is 1. The number of rotatable bonds is 2. The van der Waals surface area contributed by atoms with Crippen molar-refractivity contribution in [3.63, 3.8) is 0 Å². The van der Waals surface area contributed by atoms with E-state index in [9.17, 15) is 4.79 Å². The smallest absolute Gasteiger partial charge is 0.410 e. The molecule has 0 fully saturated rings. The molecular weight excluding hydrogens is 276 g/mol. The van der Waals surface area contributed by atoms with Gasteiger partial charge >= 0.3 is 6.09 Å². The first-order valence-electron chi connectivity index (χ1n) is 7.65. The van der Waals surface area contributed by atoms with E-state index in [0.29, 0.717) is 13.1 Å². The number of aromatic nitrogens is 1. The fourth-order valence-electron chi connectivity index (χ4n) is 2.29. The Morgan fingerprint density at radius 3 is 2.64 bits per heavy atom. The molecular formula is C18H24N2O2. The van der Waals surface area contributed by atoms with Crippen LogP contribution in [-0.2, 0) is 4.74 Å². The van der Waals surface area contributed by atoms with Crippen LogP contribution in [0.3, 0.4) is 0 Å². The van der Waals surface area contributed by atoms with Gasteiger partial charge in [0, 0.05) is 19.3 Å². The van der Waals surface area contributed by atoms with E-state index >= 15 is 0 Å². The van der Waals surface area contributed by atoms with Gasteiger partial charge in [-0.2, -0.15) is 0 Å². The predicted molar refractivity (Wildman–Crippen MR) is 89.3 cm³/mol. The van der Waals surface area contributed by atoms with Crippen LogP contribution in [0.15, 0.2) is 30.5 Å². The highest BCUT2D eigenvalue weighted by Crippen LogP contribution is 2.23. The van der Waals surface area contributed by atoms with Gasteiger partial charge in [0.25, 0.3) is 0 Å². The Hall–Kier alpha value is -2.10. The number of pyridine rings is 1. The van der Waals surface area contributed by atoms with Crippen molar-refractivity contribution < 1.29 is 9.53 Å². The summed E-state index contributed by atoms with van der Waals surface area (Å²) < 4.78 is 5.40. The van der Waals surface area contributed by atoms with E-state index in [1.165, 1.54) is 5.57 Å². The number of hydrogen-bond acceptors (Lipinski definition) is 3. The van der Waals surface area contributed by atoms with Gasteiger partial charge in [0.15, 0.2) is 0 Å². The maximum absolute atomic E-state index is 12.0. The molecule has 0 bridgehead atoms. The molecule has 0 atom stereocenters. The minimum Gasteiger partial charge on any atom is -0.444 e. The minimum absolute atomic E-state index is 0.246. The highest BCUT2D eigenvalue weighted by Gasteiger charge is 2.23. The lowest BCUT2D eigenvalue weighted by Crippen LogP contribution is -2.39. The van der Waals surface area contributed by atoms with Crippen molar-refractivity contribution in [2.24, 2.45) is 0 Å². The Bertz CT molecular complexity index is 580. The average Bonchev–Trinajstić information content (AvgIpc) is 2.47. The van der Waals surface area contributed by atoms with Crippen molar-refractivity contribution in [2.75, 3.05) is 13.1 Å². The third-order valence-electron chi connectivity index (χ3n) is 3.36. The molecule has 22 heavy (non-hydrogen) atoms. The van der Waals surface area contributed by atoms with Gasteiger partial charge in [0.2, 0.25) is 0 Å². The lowest BCUT2D eigenvalue weighted by molar-refractivity contribution is 0.0270. The van der Waals surface area contributed by atoms with Crippen molar-refractivity contribution in [1.82, 2.24) is 9.88 Å². The van der Waals surface area contributed by atoms with E-state index in [-0.39, 0.29) is 6.09 Å². The molecule has 1 aliphatic heterocycles. The second-order valence-electron chi connectivity index (χ2n) is 6.38. The summed E-state index contributed by atoms with van der Waals surface area (Å²) in [6.07, 6.45) is 8.50. The molecule has 1 amide bonds. The van der Waals surface area contributed by atoms with Crippen LogP contribution >= 0.6 is 0 Å². The molecule has 1 aromatic rings. The molecule has 0 N–H and O–H groups in total. The summed E-state index contributed by atoms with van der Waals surface area (Å²) in [4.78, 5) is 18.2. The van der Waals surface area contributed by atoms with Crippen LogP contribution in [0.1, 0.15) is 45.4 Å². The van der Waals surface area contributed by atoms with Crippen molar-refractivity contribution in [3.05, 3.63) is 41.7 Å². The quantitative estimate of drug-likeness (QED) is 0.824. The molecule has 1 aliphatic rings. The average molecular weight is 300 g/mol. The van der Waals surface area contributed by atoms with Crippen LogP contribution in [0.4, 0.5) is 4.79 Å². The van der Waals surface area contributed by atoms with Crippen molar-refractivity contribution in [1.29, 1.82) is 0 Å². The summed E-state index contributed by atoms with van der Waals surface area (Å²) in [5, 5.41) is 0. The number of nitrogens with zero attached hydrogens (tertiary/aromatic N) is 2. The third-order valence-corrected chi connectivity index (χ3v) is 3.36. The number of ether oxygens (including phenoxy) is 1. The number of carbonyl (C=O) groups excluding carboxylic acids is 1. The standard InChI is InChI=1S/C18H24N2O2/c1-5-6-16-8-7-15(13-19-16)14-9-11-20(12-10-14)17(21)22-18(2,3)4/h5-9,13H,10-12H2,1-4H3. The molecule has 0 saturated heterocycles. The molecule has 2 rings (SSSR count). The van der Waals surface area contributed by atoms with Gasteiger partial charge in [-0.25, -0.2) is 4.79 Å². The van der Waals surface area contributed by atoms with Crippen LogP contribution in [0.5, 0.6) is 0 Å². The summed E-state index contributed by atoms with van der Waals surface area (Å²) in [5.74, 6) is 0. The Morgan fingerprint density at radius 1 is 1.36 bits per heavy atom. The van der Waals surface area contributed by atoms with E-state index in [1.54, 1.807) is 4.90 Å². The van der Waals surface area contributed by atoms with Crippen LogP contribution < -0.4 is 0 Å². The summed E-state index contributed by atoms with van der Waals surface area (Å²) in [5.41, 5.74) is 2.86. The summed E-state index contributed by atoms with van der Waals surface area (Å²) in [6.45, 7) is 8.89. The number of allylic oxidation sites excluding steroid dienone is 1. The van der Waals surface area contributed by atoms with Gasteiger partial charge in [0.1, 0.15) is 5.60 Å². The van der Waals surface area contributed by atoms with Crippen LogP contribution in [0.2, 0.25) is 0 Å². The highest BCUT2D eigenvalue weighted by molar-refractivity contribution is 5.72. The fraction of sp³-hybridized carbons (Fsp3) is 0.444. The maximum atomic E-state index is 12.0. The molecule has 0 spiro atoms. The van der Waals surface area contributed by atoms with Gasteiger partial charge in [-0.15, -0.1) is 0 Å². The monoisotopic (exact) mass is 300 g/mol. The second kappa shape index (κ2) is 6.77. The Kier molecular flexibility index (Phi) is 5.01. The molecule has 1 aromatic heterocycles. The van der Waals surface area contributed by atoms with Gasteiger partial charge in [-0.1, -0.05) is 18.2 Å². The molecule has 0 aromatic carbocycles. The Labute approximate surface area is 132 Å². The predicted octanol–water partition coefficient (Wildman–Crippen LogP) is 4.14. The first kappa shape index (κ1) is 16.3. The van der Waals surface area contributed by atoms with E-state index in [0.717, 1.165) is 17.7 Å². The van der Waals surface area contributed by atoms with Gasteiger partial charge in [-0.3, -0.25) is 4.98 Å². The highest BCUT2D eigenvalue weighted by atomic mass is 16.6.